The molecule has 1 heterocycles. The Kier molecular flexibility index (Phi) is 4.13. The Balaban J connectivity index is 2.33. The van der Waals surface area contributed by atoms with E-state index >= 15 is 0 Å². The minimum atomic E-state index is -0.199. The third-order valence-corrected chi connectivity index (χ3v) is 2.68. The molecule has 0 aliphatic carbocycles. The molecule has 0 unspecified atom stereocenters. The summed E-state index contributed by atoms with van der Waals surface area (Å²) < 4.78 is 0. The van der Waals surface area contributed by atoms with Gasteiger partial charge in [-0.25, -0.2) is 4.98 Å². The van der Waals surface area contributed by atoms with Gasteiger partial charge in [0.25, 0.3) is 5.91 Å². The molecule has 1 aromatic carbocycles. The molecule has 0 fully saturated rings. The maximum absolute atomic E-state index is 11.6. The van der Waals surface area contributed by atoms with Gasteiger partial charge in [-0.1, -0.05) is 6.07 Å². The van der Waals surface area contributed by atoms with Gasteiger partial charge in [-0.3, -0.25) is 4.79 Å². The van der Waals surface area contributed by atoms with Crippen molar-refractivity contribution in [1.29, 1.82) is 5.26 Å². The molecule has 0 spiro atoms. The van der Waals surface area contributed by atoms with E-state index in [1.165, 1.54) is 6.20 Å². The molecule has 2 rings (SSSR count). The van der Waals surface area contributed by atoms with Gasteiger partial charge in [0.2, 0.25) is 5.28 Å². The molecule has 0 atom stereocenters. The minimum Gasteiger partial charge on any atom is -0.355 e. The molecule has 100 valence electrons. The van der Waals surface area contributed by atoms with Crippen molar-refractivity contribution in [2.45, 2.75) is 0 Å². The minimum absolute atomic E-state index is 0.0361. The topological polar surface area (TPSA) is 90.7 Å². The van der Waals surface area contributed by atoms with Crippen LogP contribution in [0, 0.1) is 11.3 Å². The number of amides is 1. The number of nitrogens with zero attached hydrogens (tertiary/aromatic N) is 3. The molecule has 0 bridgehead atoms. The Labute approximate surface area is 120 Å². The summed E-state index contributed by atoms with van der Waals surface area (Å²) in [7, 11) is 1.56. The van der Waals surface area contributed by atoms with Crippen molar-refractivity contribution in [3.8, 4) is 6.07 Å². The third kappa shape index (κ3) is 3.02. The summed E-state index contributed by atoms with van der Waals surface area (Å²) in [4.78, 5) is 19.3. The van der Waals surface area contributed by atoms with E-state index in [-0.39, 0.29) is 16.8 Å². The number of carbonyl (C=O) groups excluding carboxylic acids is 1. The molecule has 0 radical (unpaired) electrons. The third-order valence-electron chi connectivity index (χ3n) is 2.49. The second-order valence-corrected chi connectivity index (χ2v) is 4.14. The van der Waals surface area contributed by atoms with E-state index in [1.807, 2.05) is 6.07 Å². The lowest BCUT2D eigenvalue weighted by Crippen LogP contribution is -2.17. The second kappa shape index (κ2) is 5.99. The van der Waals surface area contributed by atoms with Crippen LogP contribution in [0.2, 0.25) is 5.28 Å². The summed E-state index contributed by atoms with van der Waals surface area (Å²) >= 11 is 5.71. The number of nitrogens with one attached hydrogen (secondary N) is 2. The van der Waals surface area contributed by atoms with E-state index in [2.05, 4.69) is 20.6 Å². The van der Waals surface area contributed by atoms with Crippen LogP contribution in [0.25, 0.3) is 0 Å². The molecule has 7 heteroatoms. The molecule has 20 heavy (non-hydrogen) atoms. The van der Waals surface area contributed by atoms with E-state index in [4.69, 9.17) is 16.9 Å². The van der Waals surface area contributed by atoms with E-state index in [0.717, 1.165) is 0 Å². The first-order chi connectivity index (χ1) is 9.63. The lowest BCUT2D eigenvalue weighted by atomic mass is 10.2. The van der Waals surface area contributed by atoms with Crippen molar-refractivity contribution < 1.29 is 4.79 Å². The number of halogens is 1. The summed E-state index contributed by atoms with van der Waals surface area (Å²) in [6, 6.07) is 8.78. The van der Waals surface area contributed by atoms with Gasteiger partial charge in [0.05, 0.1) is 6.20 Å². The summed E-state index contributed by atoms with van der Waals surface area (Å²) in [5.41, 5.74) is 1.38. The van der Waals surface area contributed by atoms with Gasteiger partial charge in [-0.2, -0.15) is 10.2 Å². The largest absolute Gasteiger partial charge is 0.355 e. The zero-order valence-corrected chi connectivity index (χ0v) is 11.3. The molecule has 1 amide bonds. The Morgan fingerprint density at radius 1 is 1.45 bits per heavy atom. The highest BCUT2D eigenvalue weighted by Crippen LogP contribution is 2.20. The number of aromatic nitrogens is 2. The van der Waals surface area contributed by atoms with Gasteiger partial charge in [-0.15, -0.1) is 0 Å². The zero-order chi connectivity index (χ0) is 14.5. The van der Waals surface area contributed by atoms with Gasteiger partial charge < -0.3 is 10.6 Å². The molecule has 0 saturated heterocycles. The monoisotopic (exact) mass is 287 g/mol. The van der Waals surface area contributed by atoms with E-state index in [1.54, 1.807) is 31.3 Å². The number of benzene rings is 1. The van der Waals surface area contributed by atoms with Crippen molar-refractivity contribution in [2.75, 3.05) is 12.4 Å². The zero-order valence-electron chi connectivity index (χ0n) is 10.5. The van der Waals surface area contributed by atoms with Crippen LogP contribution in [-0.4, -0.2) is 22.9 Å². The first-order valence-electron chi connectivity index (χ1n) is 5.66. The molecule has 6 nitrogen and oxygen atoms in total. The maximum Gasteiger partial charge on any atom is 0.251 e. The Hall–Kier alpha value is -2.65. The Morgan fingerprint density at radius 2 is 2.25 bits per heavy atom. The highest BCUT2D eigenvalue weighted by molar-refractivity contribution is 6.28. The smallest absolute Gasteiger partial charge is 0.251 e. The average Bonchev–Trinajstić information content (AvgIpc) is 2.47. The molecule has 0 aliphatic heterocycles. The van der Waals surface area contributed by atoms with Crippen molar-refractivity contribution in [3.05, 3.63) is 46.9 Å². The average molecular weight is 288 g/mol. The van der Waals surface area contributed by atoms with Crippen LogP contribution in [0.3, 0.4) is 0 Å². The maximum atomic E-state index is 11.6. The molecule has 0 aliphatic rings. The molecular formula is C13H10ClN5O. The van der Waals surface area contributed by atoms with Crippen molar-refractivity contribution in [1.82, 2.24) is 15.3 Å². The summed E-state index contributed by atoms with van der Waals surface area (Å²) in [6.07, 6.45) is 1.33. The fraction of sp³-hybridized carbons (Fsp3) is 0.0769. The summed E-state index contributed by atoms with van der Waals surface area (Å²) in [5.74, 6) is 0.0939. The fourth-order valence-electron chi connectivity index (χ4n) is 1.56. The first kappa shape index (κ1) is 13.8. The lowest BCUT2D eigenvalue weighted by Gasteiger charge is -2.08. The Bertz CT molecular complexity index is 695. The van der Waals surface area contributed by atoms with Gasteiger partial charge >= 0.3 is 0 Å². The van der Waals surface area contributed by atoms with Crippen LogP contribution in [0.4, 0.5) is 11.5 Å². The van der Waals surface area contributed by atoms with Crippen molar-refractivity contribution in [3.63, 3.8) is 0 Å². The van der Waals surface area contributed by atoms with E-state index in [9.17, 15) is 4.79 Å². The molecule has 2 N–H and O–H groups in total. The highest BCUT2D eigenvalue weighted by atomic mass is 35.5. The summed E-state index contributed by atoms with van der Waals surface area (Å²) in [6.45, 7) is 0. The normalized spacial score (nSPS) is 9.65. The molecule has 1 aromatic heterocycles. The number of anilines is 2. The molecule has 2 aromatic rings. The predicted molar refractivity (Wildman–Crippen MR) is 74.9 cm³/mol. The van der Waals surface area contributed by atoms with Gasteiger partial charge in [-0.05, 0) is 29.8 Å². The van der Waals surface area contributed by atoms with Crippen molar-refractivity contribution in [2.24, 2.45) is 0 Å². The van der Waals surface area contributed by atoms with Crippen LogP contribution < -0.4 is 10.6 Å². The van der Waals surface area contributed by atoms with Crippen LogP contribution in [-0.2, 0) is 0 Å². The van der Waals surface area contributed by atoms with Crippen LogP contribution >= 0.6 is 11.6 Å². The van der Waals surface area contributed by atoms with Crippen molar-refractivity contribution >= 4 is 29.0 Å². The standard InChI is InChI=1S/C13H10ClN5O/c1-16-12(20)8-3-2-4-10(5-8)18-11-9(6-15)7-17-13(14)19-11/h2-5,7H,1H3,(H,16,20)(H,17,18,19). The summed E-state index contributed by atoms with van der Waals surface area (Å²) in [5, 5.41) is 14.5. The fourth-order valence-corrected chi connectivity index (χ4v) is 1.69. The van der Waals surface area contributed by atoms with E-state index < -0.39 is 0 Å². The quantitative estimate of drug-likeness (QED) is 0.844. The predicted octanol–water partition coefficient (Wildman–Crippen LogP) is 2.10. The molecular weight excluding hydrogens is 278 g/mol. The number of hydrogen-bond acceptors (Lipinski definition) is 5. The van der Waals surface area contributed by atoms with Gasteiger partial charge in [0.15, 0.2) is 5.82 Å². The van der Waals surface area contributed by atoms with Gasteiger partial charge in [0, 0.05) is 18.3 Å². The second-order valence-electron chi connectivity index (χ2n) is 3.80. The van der Waals surface area contributed by atoms with Crippen LogP contribution in [0.1, 0.15) is 15.9 Å². The van der Waals surface area contributed by atoms with Gasteiger partial charge in [0.1, 0.15) is 11.6 Å². The van der Waals surface area contributed by atoms with Crippen LogP contribution in [0.5, 0.6) is 0 Å². The Morgan fingerprint density at radius 3 is 2.95 bits per heavy atom. The highest BCUT2D eigenvalue weighted by Gasteiger charge is 2.08. The number of nitriles is 1. The number of hydrogen-bond donors (Lipinski definition) is 2. The number of rotatable bonds is 3. The number of carbonyl (C=O) groups is 1. The lowest BCUT2D eigenvalue weighted by molar-refractivity contribution is 0.0963. The SMILES string of the molecule is CNC(=O)c1cccc(Nc2nc(Cl)ncc2C#N)c1. The molecule has 0 saturated carbocycles. The first-order valence-corrected chi connectivity index (χ1v) is 6.03. The van der Waals surface area contributed by atoms with E-state index in [0.29, 0.717) is 17.1 Å². The van der Waals surface area contributed by atoms with Crippen LogP contribution in [0.15, 0.2) is 30.5 Å².